The highest BCUT2D eigenvalue weighted by molar-refractivity contribution is 5.76. The van der Waals surface area contributed by atoms with Crippen LogP contribution >= 0.6 is 0 Å². The third-order valence-electron chi connectivity index (χ3n) is 1.78. The highest BCUT2D eigenvalue weighted by Gasteiger charge is 2.04. The summed E-state index contributed by atoms with van der Waals surface area (Å²) in [4.78, 5) is 10.3. The summed E-state index contributed by atoms with van der Waals surface area (Å²) in [6, 6.07) is 3.53. The molecule has 0 spiro atoms. The van der Waals surface area contributed by atoms with Crippen molar-refractivity contribution in [3.63, 3.8) is 0 Å². The van der Waals surface area contributed by atoms with Gasteiger partial charge in [0, 0.05) is 5.56 Å². The van der Waals surface area contributed by atoms with E-state index >= 15 is 0 Å². The van der Waals surface area contributed by atoms with Crippen molar-refractivity contribution in [2.45, 2.75) is 13.8 Å². The normalized spacial score (nSPS) is 9.58. The van der Waals surface area contributed by atoms with Gasteiger partial charge in [0.05, 0.1) is 7.11 Å². The highest BCUT2D eigenvalue weighted by Crippen LogP contribution is 2.23. The maximum Gasteiger partial charge on any atom is 0.233 e. The molecule has 1 rings (SSSR count). The Labute approximate surface area is 72.2 Å². The van der Waals surface area contributed by atoms with Crippen LogP contribution in [-0.4, -0.2) is 13.4 Å². The fourth-order valence-electron chi connectivity index (χ4n) is 1.33. The van der Waals surface area contributed by atoms with Gasteiger partial charge in [-0.3, -0.25) is 4.79 Å². The number of carbonyl (C=O) groups excluding carboxylic acids is 1. The molecule has 0 N–H and O–H groups in total. The first-order valence-corrected chi connectivity index (χ1v) is 3.72. The fraction of sp³-hybridized carbons (Fsp3) is 0.300. The molecular weight excluding hydrogens is 152 g/mol. The number of rotatable bonds is 2. The van der Waals surface area contributed by atoms with Crippen LogP contribution in [0.1, 0.15) is 16.7 Å². The lowest BCUT2D eigenvalue weighted by molar-refractivity contribution is 0.408. The Morgan fingerprint density at radius 2 is 1.75 bits per heavy atom. The first-order chi connectivity index (χ1) is 5.69. The zero-order chi connectivity index (χ0) is 9.14. The summed E-state index contributed by atoms with van der Waals surface area (Å²) < 4.78 is 5.15. The summed E-state index contributed by atoms with van der Waals surface area (Å²) in [6.45, 7) is 3.82. The first kappa shape index (κ1) is 8.78. The number of ether oxygens (including phenoxy) is 1. The summed E-state index contributed by atoms with van der Waals surface area (Å²) in [5.41, 5.74) is 2.51. The van der Waals surface area contributed by atoms with Crippen LogP contribution in [0.25, 0.3) is 0 Å². The summed E-state index contributed by atoms with van der Waals surface area (Å²) >= 11 is 0. The third kappa shape index (κ3) is 1.47. The van der Waals surface area contributed by atoms with Gasteiger partial charge in [-0.05, 0) is 37.1 Å². The lowest BCUT2D eigenvalue weighted by atomic mass is 10.1. The minimum atomic E-state index is 0.575. The Morgan fingerprint density at radius 1 is 1.25 bits per heavy atom. The molecule has 2 nitrogen and oxygen atoms in total. The molecule has 0 amide bonds. The molecule has 0 aliphatic carbocycles. The van der Waals surface area contributed by atoms with Crippen molar-refractivity contribution in [3.8, 4) is 5.75 Å². The van der Waals surface area contributed by atoms with Crippen LogP contribution in [0.3, 0.4) is 0 Å². The zero-order valence-corrected chi connectivity index (χ0v) is 7.47. The average molecular weight is 163 g/mol. The minimum absolute atomic E-state index is 0.575. The Morgan fingerprint density at radius 3 is 2.08 bits per heavy atom. The van der Waals surface area contributed by atoms with Gasteiger partial charge in [0.15, 0.2) is 0 Å². The van der Waals surface area contributed by atoms with Gasteiger partial charge in [-0.2, -0.15) is 0 Å². The number of hydrogen-bond acceptors (Lipinski definition) is 2. The predicted octanol–water partition coefficient (Wildman–Crippen LogP) is 1.77. The summed E-state index contributed by atoms with van der Waals surface area (Å²) in [5, 5.41) is 0. The molecule has 1 radical (unpaired) electrons. The Bertz CT molecular complexity index is 280. The lowest BCUT2D eigenvalue weighted by Crippen LogP contribution is -1.93. The van der Waals surface area contributed by atoms with Gasteiger partial charge in [-0.1, -0.05) is 0 Å². The second-order valence-corrected chi connectivity index (χ2v) is 2.75. The summed E-state index contributed by atoms with van der Waals surface area (Å²) in [5.74, 6) is 0.842. The monoisotopic (exact) mass is 163 g/mol. The van der Waals surface area contributed by atoms with E-state index < -0.39 is 0 Å². The molecule has 1 aromatic carbocycles. The van der Waals surface area contributed by atoms with Crippen molar-refractivity contribution < 1.29 is 9.53 Å². The van der Waals surface area contributed by atoms with Crippen molar-refractivity contribution in [2.24, 2.45) is 0 Å². The SMILES string of the molecule is COc1c(C)cc([C]=O)cc1C. The van der Waals surface area contributed by atoms with Crippen LogP contribution in [0.4, 0.5) is 0 Å². The van der Waals surface area contributed by atoms with Crippen molar-refractivity contribution >= 4 is 6.29 Å². The van der Waals surface area contributed by atoms with E-state index in [0.717, 1.165) is 16.9 Å². The summed E-state index contributed by atoms with van der Waals surface area (Å²) in [7, 11) is 1.62. The van der Waals surface area contributed by atoms with Crippen molar-refractivity contribution in [2.75, 3.05) is 7.11 Å². The molecule has 1 aromatic rings. The van der Waals surface area contributed by atoms with Gasteiger partial charge in [0.2, 0.25) is 6.29 Å². The smallest absolute Gasteiger partial charge is 0.233 e. The molecule has 0 fully saturated rings. The number of methoxy groups -OCH3 is 1. The molecule has 12 heavy (non-hydrogen) atoms. The number of benzene rings is 1. The molecule has 0 heterocycles. The molecule has 0 aliphatic rings. The largest absolute Gasteiger partial charge is 0.496 e. The van der Waals surface area contributed by atoms with Gasteiger partial charge in [-0.15, -0.1) is 0 Å². The van der Waals surface area contributed by atoms with E-state index in [-0.39, 0.29) is 0 Å². The molecule has 2 heteroatoms. The van der Waals surface area contributed by atoms with Crippen LogP contribution in [-0.2, 0) is 4.79 Å². The van der Waals surface area contributed by atoms with E-state index in [1.165, 1.54) is 0 Å². The maximum absolute atomic E-state index is 10.3. The van der Waals surface area contributed by atoms with E-state index in [0.29, 0.717) is 5.56 Å². The maximum atomic E-state index is 10.3. The molecule has 0 unspecified atom stereocenters. The quantitative estimate of drug-likeness (QED) is 0.664. The highest BCUT2D eigenvalue weighted by atomic mass is 16.5. The molecule has 0 saturated carbocycles. The van der Waals surface area contributed by atoms with Gasteiger partial charge < -0.3 is 4.74 Å². The van der Waals surface area contributed by atoms with E-state index in [4.69, 9.17) is 4.74 Å². The molecule has 0 atom stereocenters. The van der Waals surface area contributed by atoms with Gasteiger partial charge in [-0.25, -0.2) is 0 Å². The van der Waals surface area contributed by atoms with Gasteiger partial charge >= 0.3 is 0 Å². The molecule has 0 bridgehead atoms. The average Bonchev–Trinajstić information content (AvgIpc) is 2.03. The fourth-order valence-corrected chi connectivity index (χ4v) is 1.33. The van der Waals surface area contributed by atoms with Crippen LogP contribution in [0.2, 0.25) is 0 Å². The standard InChI is InChI=1S/C10H11O2/c1-7-4-9(6-11)5-8(2)10(7)12-3/h4-5H,1-3H3. The van der Waals surface area contributed by atoms with Crippen molar-refractivity contribution in [1.29, 1.82) is 0 Å². The minimum Gasteiger partial charge on any atom is -0.496 e. The Hall–Kier alpha value is -1.31. The van der Waals surface area contributed by atoms with E-state index in [1.54, 1.807) is 19.2 Å². The first-order valence-electron chi connectivity index (χ1n) is 3.72. The topological polar surface area (TPSA) is 26.3 Å². The Kier molecular flexibility index (Phi) is 2.48. The third-order valence-corrected chi connectivity index (χ3v) is 1.78. The molecule has 63 valence electrons. The van der Waals surface area contributed by atoms with Crippen molar-refractivity contribution in [3.05, 3.63) is 28.8 Å². The van der Waals surface area contributed by atoms with Crippen molar-refractivity contribution in [1.82, 2.24) is 0 Å². The molecule has 0 aromatic heterocycles. The van der Waals surface area contributed by atoms with Crippen LogP contribution in [0.5, 0.6) is 5.75 Å². The van der Waals surface area contributed by atoms with E-state index in [2.05, 4.69) is 0 Å². The lowest BCUT2D eigenvalue weighted by Gasteiger charge is -2.07. The summed E-state index contributed by atoms with van der Waals surface area (Å²) in [6.07, 6.45) is 1.85. The second-order valence-electron chi connectivity index (χ2n) is 2.75. The van der Waals surface area contributed by atoms with Crippen LogP contribution < -0.4 is 4.74 Å². The van der Waals surface area contributed by atoms with Gasteiger partial charge in [0.25, 0.3) is 0 Å². The second kappa shape index (κ2) is 3.39. The number of hydrogen-bond donors (Lipinski definition) is 0. The van der Waals surface area contributed by atoms with Gasteiger partial charge in [0.1, 0.15) is 5.75 Å². The molecule has 0 aliphatic heterocycles. The van der Waals surface area contributed by atoms with E-state index in [1.807, 2.05) is 20.1 Å². The molecule has 0 saturated heterocycles. The van der Waals surface area contributed by atoms with Crippen LogP contribution in [0.15, 0.2) is 12.1 Å². The van der Waals surface area contributed by atoms with Crippen LogP contribution in [0, 0.1) is 13.8 Å². The number of aryl methyl sites for hydroxylation is 2. The van der Waals surface area contributed by atoms with E-state index in [9.17, 15) is 4.79 Å². The zero-order valence-electron chi connectivity index (χ0n) is 7.47. The predicted molar refractivity (Wildman–Crippen MR) is 47.3 cm³/mol. The Balaban J connectivity index is 3.27. The molecular formula is C10H11O2.